The zero-order valence-electron chi connectivity index (χ0n) is 8.76. The van der Waals surface area contributed by atoms with E-state index in [-0.39, 0.29) is 5.60 Å². The fraction of sp³-hybridized carbons (Fsp3) is 1.00. The zero-order chi connectivity index (χ0) is 9.31. The van der Waals surface area contributed by atoms with Crippen molar-refractivity contribution < 1.29 is 5.11 Å². The number of rotatable bonds is 3. The lowest BCUT2D eigenvalue weighted by atomic mass is 9.73. The summed E-state index contributed by atoms with van der Waals surface area (Å²) in [6.45, 7) is 2.23. The van der Waals surface area contributed by atoms with Gasteiger partial charge in [0.1, 0.15) is 0 Å². The molecule has 0 saturated heterocycles. The summed E-state index contributed by atoms with van der Waals surface area (Å²) in [5, 5.41) is 10.4. The summed E-state index contributed by atoms with van der Waals surface area (Å²) in [5.74, 6) is 1.51. The standard InChI is InChI=1S/C12H22O/c1-10-4-2-3-8-12(10,13)9-7-11-5-6-11/h10-11,13H,2-9H2,1H3. The van der Waals surface area contributed by atoms with Crippen LogP contribution < -0.4 is 0 Å². The minimum Gasteiger partial charge on any atom is -0.390 e. The van der Waals surface area contributed by atoms with Crippen LogP contribution in [0.15, 0.2) is 0 Å². The molecule has 2 rings (SSSR count). The van der Waals surface area contributed by atoms with Crippen molar-refractivity contribution >= 4 is 0 Å². The van der Waals surface area contributed by atoms with Gasteiger partial charge in [-0.2, -0.15) is 0 Å². The van der Waals surface area contributed by atoms with Crippen LogP contribution in [-0.4, -0.2) is 10.7 Å². The minimum atomic E-state index is -0.291. The molecule has 0 aromatic rings. The first-order valence-electron chi connectivity index (χ1n) is 5.93. The van der Waals surface area contributed by atoms with E-state index in [9.17, 15) is 5.11 Å². The van der Waals surface area contributed by atoms with Crippen molar-refractivity contribution in [2.24, 2.45) is 11.8 Å². The van der Waals surface area contributed by atoms with Crippen LogP contribution in [0.2, 0.25) is 0 Å². The van der Waals surface area contributed by atoms with E-state index in [1.54, 1.807) is 0 Å². The van der Waals surface area contributed by atoms with Crippen molar-refractivity contribution in [3.05, 3.63) is 0 Å². The van der Waals surface area contributed by atoms with Crippen LogP contribution in [0.5, 0.6) is 0 Å². The maximum absolute atomic E-state index is 10.4. The summed E-state index contributed by atoms with van der Waals surface area (Å²) in [4.78, 5) is 0. The highest BCUT2D eigenvalue weighted by Gasteiger charge is 2.37. The van der Waals surface area contributed by atoms with E-state index >= 15 is 0 Å². The van der Waals surface area contributed by atoms with Gasteiger partial charge in [0.25, 0.3) is 0 Å². The Kier molecular flexibility index (Phi) is 2.64. The quantitative estimate of drug-likeness (QED) is 0.711. The first-order valence-corrected chi connectivity index (χ1v) is 5.93. The molecule has 2 atom stereocenters. The van der Waals surface area contributed by atoms with Gasteiger partial charge in [0, 0.05) is 0 Å². The predicted molar refractivity (Wildman–Crippen MR) is 54.5 cm³/mol. The average Bonchev–Trinajstić information content (AvgIpc) is 2.91. The highest BCUT2D eigenvalue weighted by molar-refractivity contribution is 4.89. The summed E-state index contributed by atoms with van der Waals surface area (Å²) in [5.41, 5.74) is -0.291. The molecule has 0 spiro atoms. The van der Waals surface area contributed by atoms with E-state index in [1.807, 2.05) is 0 Å². The summed E-state index contributed by atoms with van der Waals surface area (Å²) in [6, 6.07) is 0. The van der Waals surface area contributed by atoms with Gasteiger partial charge >= 0.3 is 0 Å². The molecule has 76 valence electrons. The van der Waals surface area contributed by atoms with E-state index in [2.05, 4.69) is 6.92 Å². The third kappa shape index (κ3) is 2.25. The lowest BCUT2D eigenvalue weighted by Crippen LogP contribution is -2.39. The molecule has 1 nitrogen and oxygen atoms in total. The summed E-state index contributed by atoms with van der Waals surface area (Å²) < 4.78 is 0. The Hall–Kier alpha value is -0.0400. The molecule has 0 amide bonds. The van der Waals surface area contributed by atoms with Gasteiger partial charge in [0.05, 0.1) is 5.60 Å². The Morgan fingerprint density at radius 2 is 2.00 bits per heavy atom. The fourth-order valence-electron chi connectivity index (χ4n) is 2.63. The SMILES string of the molecule is CC1CCCCC1(O)CCC1CC1. The van der Waals surface area contributed by atoms with Gasteiger partial charge in [-0.25, -0.2) is 0 Å². The van der Waals surface area contributed by atoms with Gasteiger partial charge in [-0.3, -0.25) is 0 Å². The highest BCUT2D eigenvalue weighted by atomic mass is 16.3. The first kappa shape index (κ1) is 9.51. The Labute approximate surface area is 81.5 Å². The number of hydrogen-bond donors (Lipinski definition) is 1. The Morgan fingerprint density at radius 3 is 2.62 bits per heavy atom. The lowest BCUT2D eigenvalue weighted by Gasteiger charge is -2.38. The minimum absolute atomic E-state index is 0.291. The van der Waals surface area contributed by atoms with Gasteiger partial charge < -0.3 is 5.11 Å². The van der Waals surface area contributed by atoms with Crippen molar-refractivity contribution in [2.75, 3.05) is 0 Å². The van der Waals surface area contributed by atoms with Crippen molar-refractivity contribution in [2.45, 2.75) is 63.9 Å². The predicted octanol–water partition coefficient (Wildman–Crippen LogP) is 3.12. The van der Waals surface area contributed by atoms with Crippen LogP contribution in [0.3, 0.4) is 0 Å². The number of hydrogen-bond acceptors (Lipinski definition) is 1. The molecule has 0 aliphatic heterocycles. The second kappa shape index (κ2) is 3.61. The van der Waals surface area contributed by atoms with Gasteiger partial charge in [0.2, 0.25) is 0 Å². The Balaban J connectivity index is 1.83. The molecule has 0 radical (unpaired) electrons. The molecule has 0 aromatic heterocycles. The molecule has 0 heterocycles. The first-order chi connectivity index (χ1) is 6.21. The topological polar surface area (TPSA) is 20.2 Å². The molecule has 2 aliphatic carbocycles. The van der Waals surface area contributed by atoms with Crippen LogP contribution in [0.25, 0.3) is 0 Å². The van der Waals surface area contributed by atoms with Crippen LogP contribution in [0.4, 0.5) is 0 Å². The van der Waals surface area contributed by atoms with Crippen molar-refractivity contribution in [1.29, 1.82) is 0 Å². The van der Waals surface area contributed by atoms with Crippen LogP contribution in [-0.2, 0) is 0 Å². The molecular weight excluding hydrogens is 160 g/mol. The van der Waals surface area contributed by atoms with Crippen LogP contribution >= 0.6 is 0 Å². The molecule has 2 fully saturated rings. The van der Waals surface area contributed by atoms with E-state index in [0.717, 1.165) is 18.8 Å². The second-order valence-corrected chi connectivity index (χ2v) is 5.23. The van der Waals surface area contributed by atoms with E-state index < -0.39 is 0 Å². The molecule has 1 heteroatoms. The van der Waals surface area contributed by atoms with Gasteiger partial charge in [-0.15, -0.1) is 0 Å². The molecule has 0 aromatic carbocycles. The average molecular weight is 182 g/mol. The number of aliphatic hydroxyl groups is 1. The summed E-state index contributed by atoms with van der Waals surface area (Å²) in [6.07, 6.45) is 10.1. The Morgan fingerprint density at radius 1 is 1.23 bits per heavy atom. The van der Waals surface area contributed by atoms with E-state index in [4.69, 9.17) is 0 Å². The van der Waals surface area contributed by atoms with Crippen molar-refractivity contribution in [3.63, 3.8) is 0 Å². The molecule has 2 aliphatic rings. The largest absolute Gasteiger partial charge is 0.390 e. The van der Waals surface area contributed by atoms with Crippen LogP contribution in [0.1, 0.15) is 58.3 Å². The highest BCUT2D eigenvalue weighted by Crippen LogP contribution is 2.41. The molecule has 0 bridgehead atoms. The van der Waals surface area contributed by atoms with E-state index in [1.165, 1.54) is 38.5 Å². The monoisotopic (exact) mass is 182 g/mol. The van der Waals surface area contributed by atoms with Crippen molar-refractivity contribution in [1.82, 2.24) is 0 Å². The lowest BCUT2D eigenvalue weighted by molar-refractivity contribution is -0.0501. The van der Waals surface area contributed by atoms with Gasteiger partial charge in [0.15, 0.2) is 0 Å². The maximum atomic E-state index is 10.4. The third-order valence-electron chi connectivity index (χ3n) is 4.10. The van der Waals surface area contributed by atoms with Crippen LogP contribution in [0, 0.1) is 11.8 Å². The molecule has 2 unspecified atom stereocenters. The normalized spacial score (nSPS) is 40.6. The smallest absolute Gasteiger partial charge is 0.0673 e. The fourth-order valence-corrected chi connectivity index (χ4v) is 2.63. The third-order valence-corrected chi connectivity index (χ3v) is 4.10. The molecular formula is C12H22O. The summed E-state index contributed by atoms with van der Waals surface area (Å²) in [7, 11) is 0. The molecule has 1 N–H and O–H groups in total. The second-order valence-electron chi connectivity index (χ2n) is 5.23. The Bertz CT molecular complexity index is 174. The molecule has 2 saturated carbocycles. The van der Waals surface area contributed by atoms with Gasteiger partial charge in [-0.05, 0) is 37.5 Å². The van der Waals surface area contributed by atoms with Gasteiger partial charge in [-0.1, -0.05) is 32.6 Å². The van der Waals surface area contributed by atoms with Crippen molar-refractivity contribution in [3.8, 4) is 0 Å². The van der Waals surface area contributed by atoms with E-state index in [0.29, 0.717) is 5.92 Å². The maximum Gasteiger partial charge on any atom is 0.0673 e. The molecule has 13 heavy (non-hydrogen) atoms. The summed E-state index contributed by atoms with van der Waals surface area (Å²) >= 11 is 0. The zero-order valence-corrected chi connectivity index (χ0v) is 8.76.